The van der Waals surface area contributed by atoms with Crippen LogP contribution < -0.4 is 10.6 Å². The van der Waals surface area contributed by atoms with E-state index in [2.05, 4.69) is 17.6 Å². The number of likely N-dealkylation sites (tertiary alicyclic amines) is 1. The van der Waals surface area contributed by atoms with E-state index in [9.17, 15) is 9.59 Å². The van der Waals surface area contributed by atoms with Crippen molar-refractivity contribution >= 4 is 17.5 Å². The van der Waals surface area contributed by atoms with Gasteiger partial charge in [0.15, 0.2) is 12.6 Å². The van der Waals surface area contributed by atoms with Crippen LogP contribution in [0.2, 0.25) is 0 Å². The van der Waals surface area contributed by atoms with Gasteiger partial charge in [-0.1, -0.05) is 25.1 Å². The molecule has 2 rings (SSSR count). The maximum Gasteiger partial charge on any atom is 0.282 e. The number of aryl methyl sites for hydroxylation is 2. The number of likely N-dealkylation sites (N-methyl/N-ethyl adjacent to an activating group) is 1. The van der Waals surface area contributed by atoms with Crippen LogP contribution in [0.1, 0.15) is 43.7 Å². The van der Waals surface area contributed by atoms with Crippen LogP contribution in [0.4, 0.5) is 5.69 Å². The van der Waals surface area contributed by atoms with Gasteiger partial charge in [-0.05, 0) is 44.2 Å². The van der Waals surface area contributed by atoms with E-state index in [1.54, 1.807) is 7.05 Å². The Morgan fingerprint density at radius 2 is 1.88 bits per heavy atom. The third-order valence-electron chi connectivity index (χ3n) is 5.43. The number of nitrogens with zero attached hydrogens (tertiary/aromatic N) is 1. The fourth-order valence-electron chi connectivity index (χ4n) is 4.14. The van der Waals surface area contributed by atoms with Crippen LogP contribution in [0.25, 0.3) is 0 Å². The Labute approximate surface area is 151 Å². The molecule has 1 aliphatic heterocycles. The van der Waals surface area contributed by atoms with Crippen molar-refractivity contribution in [3.63, 3.8) is 0 Å². The number of carbonyl (C=O) groups is 2. The molecule has 0 saturated carbocycles. The summed E-state index contributed by atoms with van der Waals surface area (Å²) in [6, 6.07) is 5.87. The van der Waals surface area contributed by atoms with Crippen LogP contribution in [0, 0.1) is 13.8 Å². The van der Waals surface area contributed by atoms with Gasteiger partial charge in [-0.3, -0.25) is 9.59 Å². The lowest BCUT2D eigenvalue weighted by molar-refractivity contribution is -0.940. The molecule has 1 fully saturated rings. The average molecular weight is 346 g/mol. The Hall–Kier alpha value is -1.88. The number of quaternary nitrogens is 1. The largest absolute Gasteiger partial charge is 0.354 e. The molecule has 0 spiro atoms. The number of carbonyl (C=O) groups excluding carboxylic acids is 2. The first-order chi connectivity index (χ1) is 11.9. The number of amides is 2. The van der Waals surface area contributed by atoms with Gasteiger partial charge < -0.3 is 15.1 Å². The smallest absolute Gasteiger partial charge is 0.282 e. The van der Waals surface area contributed by atoms with Crippen LogP contribution in [-0.4, -0.2) is 49.0 Å². The molecule has 5 heteroatoms. The standard InChI is InChI=1S/C20H31N3O2/c1-5-12-23(14-18(24)21-4)13-7-6-11-17(23)20(25)22-19-15(2)9-8-10-16(19)3/h8-10,17H,5-7,11-14H2,1-4H3,(H-,21,22,24,25)/p+1/t17-,23-/m0/s1. The maximum absolute atomic E-state index is 13.2. The Kier molecular flexibility index (Phi) is 6.59. The van der Waals surface area contributed by atoms with Gasteiger partial charge in [0.1, 0.15) is 0 Å². The number of nitrogens with one attached hydrogen (secondary N) is 2. The van der Waals surface area contributed by atoms with E-state index in [4.69, 9.17) is 0 Å². The van der Waals surface area contributed by atoms with Crippen LogP contribution in [0.5, 0.6) is 0 Å². The zero-order valence-electron chi connectivity index (χ0n) is 16.0. The molecule has 2 N–H and O–H groups in total. The fourth-order valence-corrected chi connectivity index (χ4v) is 4.14. The third kappa shape index (κ3) is 4.40. The minimum atomic E-state index is -0.162. The van der Waals surface area contributed by atoms with Crippen molar-refractivity contribution in [2.45, 2.75) is 52.5 Å². The zero-order chi connectivity index (χ0) is 18.4. The summed E-state index contributed by atoms with van der Waals surface area (Å²) in [4.78, 5) is 25.3. The van der Waals surface area contributed by atoms with Gasteiger partial charge in [-0.25, -0.2) is 0 Å². The molecule has 0 aliphatic carbocycles. The van der Waals surface area contributed by atoms with Gasteiger partial charge in [0.05, 0.1) is 13.1 Å². The van der Waals surface area contributed by atoms with Crippen molar-refractivity contribution < 1.29 is 14.1 Å². The summed E-state index contributed by atoms with van der Waals surface area (Å²) in [7, 11) is 1.67. The molecular formula is C20H32N3O2+. The molecule has 1 saturated heterocycles. The lowest BCUT2D eigenvalue weighted by Crippen LogP contribution is -2.65. The molecule has 0 aromatic heterocycles. The van der Waals surface area contributed by atoms with Gasteiger partial charge in [0.25, 0.3) is 11.8 Å². The van der Waals surface area contributed by atoms with E-state index in [0.717, 1.165) is 55.6 Å². The lowest BCUT2D eigenvalue weighted by atomic mass is 9.96. The Morgan fingerprint density at radius 1 is 1.20 bits per heavy atom. The van der Waals surface area contributed by atoms with Crippen molar-refractivity contribution in [1.29, 1.82) is 0 Å². The van der Waals surface area contributed by atoms with Crippen molar-refractivity contribution in [1.82, 2.24) is 5.32 Å². The summed E-state index contributed by atoms with van der Waals surface area (Å²) in [5.74, 6) is 0.0645. The minimum Gasteiger partial charge on any atom is -0.354 e. The summed E-state index contributed by atoms with van der Waals surface area (Å²) in [5.41, 5.74) is 3.06. The summed E-state index contributed by atoms with van der Waals surface area (Å²) >= 11 is 0. The molecule has 1 aliphatic rings. The highest BCUT2D eigenvalue weighted by Crippen LogP contribution is 2.29. The van der Waals surface area contributed by atoms with Gasteiger partial charge in [-0.15, -0.1) is 0 Å². The quantitative estimate of drug-likeness (QED) is 0.778. The molecule has 0 bridgehead atoms. The summed E-state index contributed by atoms with van der Waals surface area (Å²) in [6.45, 7) is 8.29. The van der Waals surface area contributed by atoms with E-state index in [1.807, 2.05) is 32.0 Å². The summed E-state index contributed by atoms with van der Waals surface area (Å²) in [6.07, 6.45) is 3.92. The molecule has 1 heterocycles. The molecule has 25 heavy (non-hydrogen) atoms. The second kappa shape index (κ2) is 8.48. The average Bonchev–Trinajstić information content (AvgIpc) is 2.58. The first-order valence-electron chi connectivity index (χ1n) is 9.37. The van der Waals surface area contributed by atoms with Crippen molar-refractivity contribution in [3.8, 4) is 0 Å². The lowest BCUT2D eigenvalue weighted by Gasteiger charge is -2.46. The zero-order valence-corrected chi connectivity index (χ0v) is 16.0. The second-order valence-corrected chi connectivity index (χ2v) is 7.26. The number of hydrogen-bond donors (Lipinski definition) is 2. The molecule has 1 aromatic rings. The number of anilines is 1. The van der Waals surface area contributed by atoms with Crippen LogP contribution >= 0.6 is 0 Å². The highest BCUT2D eigenvalue weighted by molar-refractivity contribution is 5.95. The SMILES string of the molecule is CCC[N@@+]1(CC(=O)NC)CCCC[C@H]1C(=O)Nc1c(C)cccc1C. The molecule has 0 radical (unpaired) electrons. The Balaban J connectivity index is 2.28. The Bertz CT molecular complexity index is 605. The predicted octanol–water partition coefficient (Wildman–Crippen LogP) is 2.77. The predicted molar refractivity (Wildman–Crippen MR) is 101 cm³/mol. The van der Waals surface area contributed by atoms with E-state index in [1.165, 1.54) is 0 Å². The van der Waals surface area contributed by atoms with E-state index in [-0.39, 0.29) is 17.9 Å². The van der Waals surface area contributed by atoms with Crippen molar-refractivity contribution in [2.24, 2.45) is 0 Å². The minimum absolute atomic E-state index is 0.0141. The van der Waals surface area contributed by atoms with Crippen LogP contribution in [0.15, 0.2) is 18.2 Å². The molecule has 0 unspecified atom stereocenters. The Morgan fingerprint density at radius 3 is 2.48 bits per heavy atom. The van der Waals surface area contributed by atoms with Crippen LogP contribution in [0.3, 0.4) is 0 Å². The van der Waals surface area contributed by atoms with Crippen molar-refractivity contribution in [3.05, 3.63) is 29.3 Å². The van der Waals surface area contributed by atoms with Gasteiger partial charge in [-0.2, -0.15) is 0 Å². The summed E-state index contributed by atoms with van der Waals surface area (Å²) in [5, 5.41) is 5.90. The highest BCUT2D eigenvalue weighted by Gasteiger charge is 2.44. The molecule has 5 nitrogen and oxygen atoms in total. The number of hydrogen-bond acceptors (Lipinski definition) is 2. The number of benzene rings is 1. The van der Waals surface area contributed by atoms with E-state index < -0.39 is 0 Å². The maximum atomic E-state index is 13.2. The van der Waals surface area contributed by atoms with Gasteiger partial charge >= 0.3 is 0 Å². The van der Waals surface area contributed by atoms with Gasteiger partial charge in [0, 0.05) is 19.2 Å². The first-order valence-corrected chi connectivity index (χ1v) is 9.37. The molecule has 138 valence electrons. The van der Waals surface area contributed by atoms with Crippen molar-refractivity contribution in [2.75, 3.05) is 32.0 Å². The molecule has 2 atom stereocenters. The highest BCUT2D eigenvalue weighted by atomic mass is 16.2. The van der Waals surface area contributed by atoms with Crippen LogP contribution in [-0.2, 0) is 9.59 Å². The van der Waals surface area contributed by atoms with E-state index >= 15 is 0 Å². The monoisotopic (exact) mass is 346 g/mol. The molecule has 2 amide bonds. The van der Waals surface area contributed by atoms with E-state index in [0.29, 0.717) is 11.0 Å². The normalized spacial score (nSPS) is 23.1. The molecular weight excluding hydrogens is 314 g/mol. The fraction of sp³-hybridized carbons (Fsp3) is 0.600. The topological polar surface area (TPSA) is 58.2 Å². The number of para-hydroxylation sites is 1. The molecule has 1 aromatic carbocycles. The number of piperidine rings is 1. The first kappa shape index (κ1) is 19.4. The second-order valence-electron chi connectivity index (χ2n) is 7.26. The third-order valence-corrected chi connectivity index (χ3v) is 5.43. The summed E-state index contributed by atoms with van der Waals surface area (Å²) < 4.78 is 0.576. The van der Waals surface area contributed by atoms with Gasteiger partial charge in [0.2, 0.25) is 0 Å². The number of rotatable bonds is 6.